The van der Waals surface area contributed by atoms with Crippen LogP contribution in [0.1, 0.15) is 26.4 Å². The zero-order valence-corrected chi connectivity index (χ0v) is 20.2. The molecule has 0 saturated carbocycles. The van der Waals surface area contributed by atoms with E-state index in [-0.39, 0.29) is 30.8 Å². The van der Waals surface area contributed by atoms with E-state index in [1.807, 2.05) is 6.92 Å². The molecule has 0 atom stereocenters. The molecule has 0 aliphatic rings. The summed E-state index contributed by atoms with van der Waals surface area (Å²) in [5.74, 6) is -0.516. The predicted octanol–water partition coefficient (Wildman–Crippen LogP) is 3.29. The van der Waals surface area contributed by atoms with Crippen LogP contribution in [-0.2, 0) is 4.79 Å². The molecule has 1 aromatic carbocycles. The maximum Gasteiger partial charge on any atom is 0.276 e. The van der Waals surface area contributed by atoms with Gasteiger partial charge in [0.1, 0.15) is 11.4 Å². The SMILES string of the molecule is C=CC(=O)NCCNC(=O)c1cc(Sc2cnc(NC(=O)c3ccccn3)s2)c(C)cc1OC. The number of thiazole rings is 1. The Bertz CT molecular complexity index is 1200. The Morgan fingerprint density at radius 1 is 1.15 bits per heavy atom. The lowest BCUT2D eigenvalue weighted by molar-refractivity contribution is -0.116. The second-order valence-electron chi connectivity index (χ2n) is 6.82. The average molecular weight is 498 g/mol. The second-order valence-corrected chi connectivity index (χ2v) is 9.20. The Kier molecular flexibility index (Phi) is 8.77. The van der Waals surface area contributed by atoms with Gasteiger partial charge in [0.25, 0.3) is 11.8 Å². The van der Waals surface area contributed by atoms with Crippen LogP contribution in [0, 0.1) is 6.92 Å². The molecule has 3 N–H and O–H groups in total. The van der Waals surface area contributed by atoms with Crippen LogP contribution in [0.3, 0.4) is 0 Å². The largest absolute Gasteiger partial charge is 0.496 e. The van der Waals surface area contributed by atoms with Crippen molar-refractivity contribution in [1.82, 2.24) is 20.6 Å². The number of ether oxygens (including phenoxy) is 1. The van der Waals surface area contributed by atoms with Gasteiger partial charge in [-0.25, -0.2) is 4.98 Å². The van der Waals surface area contributed by atoms with Crippen LogP contribution >= 0.6 is 23.1 Å². The number of pyridine rings is 1. The van der Waals surface area contributed by atoms with E-state index >= 15 is 0 Å². The monoisotopic (exact) mass is 497 g/mol. The lowest BCUT2D eigenvalue weighted by Gasteiger charge is -2.13. The summed E-state index contributed by atoms with van der Waals surface area (Å²) in [5, 5.41) is 8.55. The number of rotatable bonds is 10. The first-order valence-corrected chi connectivity index (χ1v) is 11.8. The Hall–Kier alpha value is -3.70. The van der Waals surface area contributed by atoms with Crippen molar-refractivity contribution < 1.29 is 19.1 Å². The number of methoxy groups -OCH3 is 1. The topological polar surface area (TPSA) is 122 Å². The number of hydrogen-bond acceptors (Lipinski definition) is 8. The van der Waals surface area contributed by atoms with E-state index in [0.29, 0.717) is 22.1 Å². The van der Waals surface area contributed by atoms with Crippen LogP contribution < -0.4 is 20.7 Å². The standard InChI is InChI=1S/C23H23N5O4S2/c1-4-19(29)25-9-10-26-21(30)15-12-18(14(2)11-17(15)32-3)33-20-13-27-23(34-20)28-22(31)16-7-5-6-8-24-16/h4-8,11-13H,1,9-10H2,2-3H3,(H,25,29)(H,26,30)(H,27,28,31). The Morgan fingerprint density at radius 3 is 2.65 bits per heavy atom. The van der Waals surface area contributed by atoms with Crippen LogP contribution in [-0.4, -0.2) is 47.9 Å². The highest BCUT2D eigenvalue weighted by Crippen LogP contribution is 2.38. The smallest absolute Gasteiger partial charge is 0.276 e. The Morgan fingerprint density at radius 2 is 1.94 bits per heavy atom. The first kappa shape index (κ1) is 24.9. The van der Waals surface area contributed by atoms with Crippen LogP contribution in [0.5, 0.6) is 5.75 Å². The number of carbonyl (C=O) groups excluding carboxylic acids is 3. The van der Waals surface area contributed by atoms with Crippen LogP contribution in [0.15, 0.2) is 64.5 Å². The van der Waals surface area contributed by atoms with E-state index in [4.69, 9.17) is 4.74 Å². The molecular formula is C23H23N5O4S2. The van der Waals surface area contributed by atoms with Crippen molar-refractivity contribution in [2.75, 3.05) is 25.5 Å². The second kappa shape index (κ2) is 12.0. The summed E-state index contributed by atoms with van der Waals surface area (Å²) in [4.78, 5) is 45.4. The first-order chi connectivity index (χ1) is 16.4. The molecule has 34 heavy (non-hydrogen) atoms. The summed E-state index contributed by atoms with van der Waals surface area (Å²) in [6.07, 6.45) is 4.38. The van der Waals surface area contributed by atoms with Crippen molar-refractivity contribution in [3.8, 4) is 5.75 Å². The third kappa shape index (κ3) is 6.65. The zero-order chi connectivity index (χ0) is 24.5. The highest BCUT2D eigenvalue weighted by Gasteiger charge is 2.17. The van der Waals surface area contributed by atoms with Crippen molar-refractivity contribution in [3.05, 3.63) is 72.2 Å². The van der Waals surface area contributed by atoms with E-state index < -0.39 is 0 Å². The van der Waals surface area contributed by atoms with E-state index in [1.54, 1.807) is 42.7 Å². The number of benzene rings is 1. The van der Waals surface area contributed by atoms with Gasteiger partial charge in [0.15, 0.2) is 5.13 Å². The normalized spacial score (nSPS) is 10.3. The molecule has 11 heteroatoms. The van der Waals surface area contributed by atoms with Gasteiger partial charge >= 0.3 is 0 Å². The van der Waals surface area contributed by atoms with E-state index in [1.165, 1.54) is 36.3 Å². The highest BCUT2D eigenvalue weighted by molar-refractivity contribution is 8.01. The minimum absolute atomic E-state index is 0.256. The molecule has 2 heterocycles. The molecule has 0 aliphatic heterocycles. The number of aryl methyl sites for hydroxylation is 1. The molecule has 0 unspecified atom stereocenters. The number of carbonyl (C=O) groups is 3. The van der Waals surface area contributed by atoms with Crippen molar-refractivity contribution in [2.24, 2.45) is 0 Å². The van der Waals surface area contributed by atoms with Crippen molar-refractivity contribution in [2.45, 2.75) is 16.0 Å². The number of nitrogens with one attached hydrogen (secondary N) is 3. The summed E-state index contributed by atoms with van der Waals surface area (Å²) in [6.45, 7) is 5.83. The minimum Gasteiger partial charge on any atom is -0.496 e. The van der Waals surface area contributed by atoms with Gasteiger partial charge in [-0.05, 0) is 42.8 Å². The molecule has 3 rings (SSSR count). The molecule has 0 bridgehead atoms. The molecule has 0 radical (unpaired) electrons. The fourth-order valence-electron chi connectivity index (χ4n) is 2.78. The Balaban J connectivity index is 1.69. The van der Waals surface area contributed by atoms with Gasteiger partial charge in [0.05, 0.1) is 23.1 Å². The van der Waals surface area contributed by atoms with Crippen molar-refractivity contribution in [1.29, 1.82) is 0 Å². The average Bonchev–Trinajstić information content (AvgIpc) is 3.29. The molecule has 0 saturated heterocycles. The number of nitrogens with zero attached hydrogens (tertiary/aromatic N) is 2. The highest BCUT2D eigenvalue weighted by atomic mass is 32.2. The Labute approximate surface area is 205 Å². The van der Waals surface area contributed by atoms with Crippen LogP contribution in [0.2, 0.25) is 0 Å². The number of hydrogen-bond donors (Lipinski definition) is 3. The molecule has 0 fully saturated rings. The molecule has 0 aliphatic carbocycles. The molecule has 3 aromatic rings. The van der Waals surface area contributed by atoms with Crippen LogP contribution in [0.4, 0.5) is 5.13 Å². The predicted molar refractivity (Wildman–Crippen MR) is 132 cm³/mol. The van der Waals surface area contributed by atoms with Gasteiger partial charge in [-0.3, -0.25) is 24.7 Å². The quantitative estimate of drug-likeness (QED) is 0.290. The molecule has 9 nitrogen and oxygen atoms in total. The van der Waals surface area contributed by atoms with E-state index in [9.17, 15) is 14.4 Å². The summed E-state index contributed by atoms with van der Waals surface area (Å²) in [5.41, 5.74) is 1.60. The molecule has 0 spiro atoms. The zero-order valence-electron chi connectivity index (χ0n) is 18.6. The number of aromatic nitrogens is 2. The summed E-state index contributed by atoms with van der Waals surface area (Å²) >= 11 is 2.75. The van der Waals surface area contributed by atoms with Gasteiger partial charge in [-0.15, -0.1) is 0 Å². The lowest BCUT2D eigenvalue weighted by atomic mass is 10.1. The van der Waals surface area contributed by atoms with Gasteiger partial charge in [-0.2, -0.15) is 0 Å². The van der Waals surface area contributed by atoms with Crippen LogP contribution in [0.25, 0.3) is 0 Å². The fourth-order valence-corrected chi connectivity index (χ4v) is 4.71. The minimum atomic E-state index is -0.338. The molecule has 3 amide bonds. The molecular weight excluding hydrogens is 474 g/mol. The van der Waals surface area contributed by atoms with E-state index in [0.717, 1.165) is 14.7 Å². The summed E-state index contributed by atoms with van der Waals surface area (Å²) in [7, 11) is 1.50. The van der Waals surface area contributed by atoms with E-state index in [2.05, 4.69) is 32.5 Å². The molecule has 2 aromatic heterocycles. The lowest BCUT2D eigenvalue weighted by Crippen LogP contribution is -2.34. The number of anilines is 1. The maximum absolute atomic E-state index is 12.7. The maximum atomic E-state index is 12.7. The third-order valence-corrected chi connectivity index (χ3v) is 6.62. The molecule has 176 valence electrons. The van der Waals surface area contributed by atoms with Gasteiger partial charge in [0.2, 0.25) is 5.91 Å². The van der Waals surface area contributed by atoms with Gasteiger partial charge in [-0.1, -0.05) is 35.7 Å². The van der Waals surface area contributed by atoms with Gasteiger partial charge in [0, 0.05) is 24.2 Å². The first-order valence-electron chi connectivity index (χ1n) is 10.1. The number of amides is 3. The van der Waals surface area contributed by atoms with Crippen molar-refractivity contribution >= 4 is 46.0 Å². The van der Waals surface area contributed by atoms with Gasteiger partial charge < -0.3 is 15.4 Å². The van der Waals surface area contributed by atoms with Crippen molar-refractivity contribution in [3.63, 3.8) is 0 Å². The summed E-state index contributed by atoms with van der Waals surface area (Å²) in [6, 6.07) is 8.65. The fraction of sp³-hybridized carbons (Fsp3) is 0.174. The summed E-state index contributed by atoms with van der Waals surface area (Å²) < 4.78 is 6.22. The third-order valence-electron chi connectivity index (χ3n) is 4.45.